The van der Waals surface area contributed by atoms with Gasteiger partial charge in [0.15, 0.2) is 0 Å². The van der Waals surface area contributed by atoms with E-state index in [0.717, 1.165) is 4.31 Å². The predicted molar refractivity (Wildman–Crippen MR) is 76.7 cm³/mol. The topological polar surface area (TPSA) is 94.9 Å². The highest BCUT2D eigenvalue weighted by molar-refractivity contribution is 7.92. The number of anilines is 1. The maximum Gasteiger partial charge on any atom is 0.324 e. The van der Waals surface area contributed by atoms with E-state index in [2.05, 4.69) is 0 Å². The Morgan fingerprint density at radius 1 is 1.00 bits per heavy atom. The summed E-state index contributed by atoms with van der Waals surface area (Å²) in [4.78, 5) is 11.0. The summed E-state index contributed by atoms with van der Waals surface area (Å²) in [6.45, 7) is -0.706. The monoisotopic (exact) mass is 307 g/mol. The van der Waals surface area contributed by atoms with Gasteiger partial charge in [-0.1, -0.05) is 18.2 Å². The van der Waals surface area contributed by atoms with Crippen molar-refractivity contribution in [3.05, 3.63) is 54.6 Å². The Morgan fingerprint density at radius 3 is 2.10 bits per heavy atom. The van der Waals surface area contributed by atoms with Crippen molar-refractivity contribution in [2.45, 2.75) is 4.90 Å². The molecule has 0 radical (unpaired) electrons. The molecule has 0 fully saturated rings. The van der Waals surface area contributed by atoms with Crippen LogP contribution < -0.4 is 4.31 Å². The first kappa shape index (κ1) is 14.9. The molecule has 0 aliphatic heterocycles. The van der Waals surface area contributed by atoms with Crippen LogP contribution in [0.15, 0.2) is 59.5 Å². The van der Waals surface area contributed by atoms with Crippen LogP contribution in [0.5, 0.6) is 5.75 Å². The first-order chi connectivity index (χ1) is 9.91. The van der Waals surface area contributed by atoms with E-state index in [4.69, 9.17) is 5.11 Å². The lowest BCUT2D eigenvalue weighted by atomic mass is 10.3. The Balaban J connectivity index is 2.50. The van der Waals surface area contributed by atoms with Gasteiger partial charge in [-0.2, -0.15) is 0 Å². The second-order valence-corrected chi connectivity index (χ2v) is 6.10. The second kappa shape index (κ2) is 5.84. The lowest BCUT2D eigenvalue weighted by Gasteiger charge is -2.22. The number of benzene rings is 2. The zero-order valence-corrected chi connectivity index (χ0v) is 11.7. The van der Waals surface area contributed by atoms with Crippen molar-refractivity contribution in [3.63, 3.8) is 0 Å². The standard InChI is InChI=1S/C14H13NO5S/c16-12-8-6-11(7-9-12)15(10-14(17)18)21(19,20)13-4-2-1-3-5-13/h1-9,16H,10H2,(H,17,18). The van der Waals surface area contributed by atoms with E-state index in [9.17, 15) is 18.3 Å². The molecule has 2 aromatic rings. The fourth-order valence-corrected chi connectivity index (χ4v) is 3.21. The van der Waals surface area contributed by atoms with Crippen molar-refractivity contribution in [3.8, 4) is 5.75 Å². The molecule has 2 rings (SSSR count). The van der Waals surface area contributed by atoms with Gasteiger partial charge in [-0.05, 0) is 36.4 Å². The van der Waals surface area contributed by atoms with Crippen molar-refractivity contribution in [2.24, 2.45) is 0 Å². The number of carbonyl (C=O) groups is 1. The first-order valence-electron chi connectivity index (χ1n) is 6.00. The summed E-state index contributed by atoms with van der Waals surface area (Å²) >= 11 is 0. The van der Waals surface area contributed by atoms with Crippen LogP contribution >= 0.6 is 0 Å². The summed E-state index contributed by atoms with van der Waals surface area (Å²) in [6, 6.07) is 12.9. The molecular weight excluding hydrogens is 294 g/mol. The minimum atomic E-state index is -3.99. The van der Waals surface area contributed by atoms with Gasteiger partial charge in [-0.3, -0.25) is 9.10 Å². The smallest absolute Gasteiger partial charge is 0.324 e. The molecule has 0 saturated carbocycles. The second-order valence-electron chi connectivity index (χ2n) is 4.23. The minimum Gasteiger partial charge on any atom is -0.508 e. The number of phenolic OH excluding ortho intramolecular Hbond substituents is 1. The normalized spacial score (nSPS) is 11.0. The van der Waals surface area contributed by atoms with E-state index in [0.29, 0.717) is 0 Å². The molecule has 6 nitrogen and oxygen atoms in total. The van der Waals surface area contributed by atoms with Crippen LogP contribution in [-0.2, 0) is 14.8 Å². The van der Waals surface area contributed by atoms with Gasteiger partial charge in [-0.25, -0.2) is 8.42 Å². The van der Waals surface area contributed by atoms with Crippen LogP contribution in [0.2, 0.25) is 0 Å². The number of carboxylic acid groups (broad SMARTS) is 1. The van der Waals surface area contributed by atoms with Gasteiger partial charge in [0.1, 0.15) is 12.3 Å². The number of phenols is 1. The maximum atomic E-state index is 12.6. The highest BCUT2D eigenvalue weighted by Gasteiger charge is 2.26. The Kier molecular flexibility index (Phi) is 4.13. The molecule has 2 N–H and O–H groups in total. The summed E-state index contributed by atoms with van der Waals surface area (Å²) < 4.78 is 25.9. The number of rotatable bonds is 5. The highest BCUT2D eigenvalue weighted by Crippen LogP contribution is 2.25. The van der Waals surface area contributed by atoms with Gasteiger partial charge < -0.3 is 10.2 Å². The van der Waals surface area contributed by atoms with Crippen molar-refractivity contribution < 1.29 is 23.4 Å². The summed E-state index contributed by atoms with van der Waals surface area (Å²) in [6.07, 6.45) is 0. The van der Waals surface area contributed by atoms with E-state index >= 15 is 0 Å². The van der Waals surface area contributed by atoms with Gasteiger partial charge in [0.2, 0.25) is 0 Å². The molecule has 0 atom stereocenters. The third kappa shape index (κ3) is 3.32. The molecule has 0 aliphatic rings. The average Bonchev–Trinajstić information content (AvgIpc) is 2.46. The fourth-order valence-electron chi connectivity index (χ4n) is 1.78. The van der Waals surface area contributed by atoms with Gasteiger partial charge in [-0.15, -0.1) is 0 Å². The van der Waals surface area contributed by atoms with Gasteiger partial charge in [0, 0.05) is 0 Å². The van der Waals surface area contributed by atoms with Crippen molar-refractivity contribution >= 4 is 21.7 Å². The van der Waals surface area contributed by atoms with E-state index in [1.165, 1.54) is 36.4 Å². The summed E-state index contributed by atoms with van der Waals surface area (Å²) in [5, 5.41) is 18.2. The van der Waals surface area contributed by atoms with Gasteiger partial charge >= 0.3 is 5.97 Å². The van der Waals surface area contributed by atoms with E-state index in [1.54, 1.807) is 18.2 Å². The van der Waals surface area contributed by atoms with Crippen LogP contribution in [0.1, 0.15) is 0 Å². The average molecular weight is 307 g/mol. The molecule has 0 saturated heterocycles. The number of hydrogen-bond acceptors (Lipinski definition) is 4. The predicted octanol–water partition coefficient (Wildman–Crippen LogP) is 1.67. The number of sulfonamides is 1. The third-order valence-electron chi connectivity index (χ3n) is 2.75. The van der Waals surface area contributed by atoms with Crippen molar-refractivity contribution in [1.29, 1.82) is 0 Å². The quantitative estimate of drug-likeness (QED) is 0.876. The molecule has 0 amide bonds. The van der Waals surface area contributed by atoms with Gasteiger partial charge in [0.25, 0.3) is 10.0 Å². The summed E-state index contributed by atoms with van der Waals surface area (Å²) in [5.41, 5.74) is 0.166. The fraction of sp³-hybridized carbons (Fsp3) is 0.0714. The molecule has 0 bridgehead atoms. The first-order valence-corrected chi connectivity index (χ1v) is 7.44. The van der Waals surface area contributed by atoms with Crippen LogP contribution in [0, 0.1) is 0 Å². The van der Waals surface area contributed by atoms with Crippen LogP contribution in [0.3, 0.4) is 0 Å². The van der Waals surface area contributed by atoms with E-state index in [1.807, 2.05) is 0 Å². The van der Waals surface area contributed by atoms with E-state index < -0.39 is 22.5 Å². The number of carboxylic acids is 1. The molecule has 0 aromatic heterocycles. The van der Waals surface area contributed by atoms with Gasteiger partial charge in [0.05, 0.1) is 10.6 Å². The minimum absolute atomic E-state index is 0.000625. The van der Waals surface area contributed by atoms with Crippen molar-refractivity contribution in [1.82, 2.24) is 0 Å². The molecule has 0 aliphatic carbocycles. The zero-order valence-electron chi connectivity index (χ0n) is 10.9. The number of aromatic hydroxyl groups is 1. The highest BCUT2D eigenvalue weighted by atomic mass is 32.2. The number of aliphatic carboxylic acids is 1. The summed E-state index contributed by atoms with van der Waals surface area (Å²) in [5.74, 6) is -1.31. The number of hydrogen-bond donors (Lipinski definition) is 2. The van der Waals surface area contributed by atoms with Crippen LogP contribution in [0.25, 0.3) is 0 Å². The summed E-state index contributed by atoms with van der Waals surface area (Å²) in [7, 11) is -3.99. The molecule has 110 valence electrons. The zero-order chi connectivity index (χ0) is 15.5. The Labute approximate surface area is 121 Å². The molecular formula is C14H13NO5S. The van der Waals surface area contributed by atoms with Crippen LogP contribution in [0.4, 0.5) is 5.69 Å². The molecule has 7 heteroatoms. The molecule has 0 heterocycles. The maximum absolute atomic E-state index is 12.6. The molecule has 2 aromatic carbocycles. The molecule has 0 spiro atoms. The Hall–Kier alpha value is -2.54. The molecule has 0 unspecified atom stereocenters. The van der Waals surface area contributed by atoms with Crippen LogP contribution in [-0.4, -0.2) is 31.1 Å². The van der Waals surface area contributed by atoms with E-state index in [-0.39, 0.29) is 16.3 Å². The Bertz CT molecular complexity index is 726. The lowest BCUT2D eigenvalue weighted by molar-refractivity contribution is -0.135. The lowest BCUT2D eigenvalue weighted by Crippen LogP contribution is -2.35. The SMILES string of the molecule is O=C(O)CN(c1ccc(O)cc1)S(=O)(=O)c1ccccc1. The third-order valence-corrected chi connectivity index (χ3v) is 4.54. The van der Waals surface area contributed by atoms with Crippen molar-refractivity contribution in [2.75, 3.05) is 10.8 Å². The molecule has 21 heavy (non-hydrogen) atoms. The number of nitrogens with zero attached hydrogens (tertiary/aromatic N) is 1. The largest absolute Gasteiger partial charge is 0.508 e. The Morgan fingerprint density at radius 2 is 1.57 bits per heavy atom.